The number of benzene rings is 1. The first-order valence-electron chi connectivity index (χ1n) is 12.9. The van der Waals surface area contributed by atoms with Crippen molar-refractivity contribution in [2.75, 3.05) is 33.9 Å². The Labute approximate surface area is 203 Å². The Morgan fingerprint density at radius 3 is 2.74 bits per heavy atom. The highest BCUT2D eigenvalue weighted by Gasteiger charge is 2.55. The Kier molecular flexibility index (Phi) is 6.40. The van der Waals surface area contributed by atoms with Crippen molar-refractivity contribution in [3.63, 3.8) is 0 Å². The Balaban J connectivity index is 1.39. The van der Waals surface area contributed by atoms with Crippen LogP contribution in [-0.4, -0.2) is 56.0 Å². The lowest BCUT2D eigenvalue weighted by atomic mass is 9.55. The molecule has 0 unspecified atom stereocenters. The van der Waals surface area contributed by atoms with Gasteiger partial charge in [0.25, 0.3) is 0 Å². The molecule has 2 aliphatic heterocycles. The Hall–Kier alpha value is -2.05. The number of aliphatic hydroxyl groups excluding tert-OH is 1. The van der Waals surface area contributed by atoms with Gasteiger partial charge in [-0.15, -0.1) is 0 Å². The minimum atomic E-state index is -0.118. The number of carbonyl (C=O) groups excluding carboxylic acids is 1. The van der Waals surface area contributed by atoms with Crippen LogP contribution in [0.1, 0.15) is 62.6 Å². The van der Waals surface area contributed by atoms with Gasteiger partial charge in [0.15, 0.2) is 11.5 Å². The van der Waals surface area contributed by atoms with Crippen LogP contribution < -0.4 is 9.47 Å². The fraction of sp³-hybridized carbons (Fsp3) is 0.679. The Morgan fingerprint density at radius 2 is 2.00 bits per heavy atom. The number of ether oxygens (including phenoxy) is 3. The quantitative estimate of drug-likeness (QED) is 0.495. The summed E-state index contributed by atoms with van der Waals surface area (Å²) in [5.74, 6) is 2.02. The maximum absolute atomic E-state index is 13.1. The number of methoxy groups -OCH3 is 2. The summed E-state index contributed by atoms with van der Waals surface area (Å²) in [6.07, 6.45) is 7.02. The molecule has 0 spiro atoms. The molecule has 6 heteroatoms. The van der Waals surface area contributed by atoms with Crippen LogP contribution in [0.3, 0.4) is 0 Å². The van der Waals surface area contributed by atoms with Crippen LogP contribution in [0, 0.1) is 23.2 Å². The molecule has 1 aromatic rings. The Bertz CT molecular complexity index is 960. The predicted molar refractivity (Wildman–Crippen MR) is 130 cm³/mol. The van der Waals surface area contributed by atoms with E-state index in [1.165, 1.54) is 24.0 Å². The predicted octanol–water partition coefficient (Wildman–Crippen LogP) is 4.30. The fourth-order valence-corrected chi connectivity index (χ4v) is 7.48. The zero-order valence-corrected chi connectivity index (χ0v) is 20.8. The van der Waals surface area contributed by atoms with E-state index in [0.29, 0.717) is 24.6 Å². The number of rotatable bonds is 6. The number of nitrogens with zero attached hydrogens (tertiary/aromatic N) is 1. The molecule has 1 N–H and O–H groups in total. The van der Waals surface area contributed by atoms with Gasteiger partial charge in [-0.1, -0.05) is 19.1 Å². The third-order valence-electron chi connectivity index (χ3n) is 9.27. The molecule has 2 saturated carbocycles. The minimum absolute atomic E-state index is 0.0300. The van der Waals surface area contributed by atoms with Crippen molar-refractivity contribution in [1.82, 2.24) is 4.90 Å². The monoisotopic (exact) mass is 469 g/mol. The highest BCUT2D eigenvalue weighted by Crippen LogP contribution is 2.57. The molecule has 186 valence electrons. The number of carbonyl (C=O) groups is 1. The first kappa shape index (κ1) is 23.7. The average molecular weight is 470 g/mol. The molecule has 2 heterocycles. The first-order valence-corrected chi connectivity index (χ1v) is 12.9. The molecule has 0 amide bonds. The van der Waals surface area contributed by atoms with Gasteiger partial charge in [-0.25, -0.2) is 0 Å². The van der Waals surface area contributed by atoms with Crippen LogP contribution in [0.15, 0.2) is 24.3 Å². The van der Waals surface area contributed by atoms with Crippen LogP contribution in [0.5, 0.6) is 11.5 Å². The molecular formula is C28H39NO5. The van der Waals surface area contributed by atoms with E-state index in [0.717, 1.165) is 43.5 Å². The molecule has 6 nitrogen and oxygen atoms in total. The molecule has 3 fully saturated rings. The van der Waals surface area contributed by atoms with Crippen molar-refractivity contribution in [3.8, 4) is 11.5 Å². The highest BCUT2D eigenvalue weighted by atomic mass is 16.6. The van der Waals surface area contributed by atoms with Gasteiger partial charge in [0.1, 0.15) is 6.10 Å². The molecule has 0 aromatic heterocycles. The third kappa shape index (κ3) is 3.93. The van der Waals surface area contributed by atoms with E-state index in [4.69, 9.17) is 14.2 Å². The molecule has 34 heavy (non-hydrogen) atoms. The lowest BCUT2D eigenvalue weighted by Gasteiger charge is -2.50. The van der Waals surface area contributed by atoms with Gasteiger partial charge in [0, 0.05) is 31.7 Å². The highest BCUT2D eigenvalue weighted by molar-refractivity contribution is 5.75. The summed E-state index contributed by atoms with van der Waals surface area (Å²) >= 11 is 0. The van der Waals surface area contributed by atoms with Crippen molar-refractivity contribution in [3.05, 3.63) is 35.4 Å². The smallest absolute Gasteiger partial charge is 0.310 e. The van der Waals surface area contributed by atoms with E-state index >= 15 is 0 Å². The summed E-state index contributed by atoms with van der Waals surface area (Å²) in [7, 11) is 3.30. The number of aliphatic hydroxyl groups is 1. The van der Waals surface area contributed by atoms with E-state index in [-0.39, 0.29) is 42.0 Å². The van der Waals surface area contributed by atoms with Gasteiger partial charge in [-0.3, -0.25) is 9.69 Å². The zero-order valence-electron chi connectivity index (χ0n) is 20.8. The number of esters is 1. The lowest BCUT2D eigenvalue weighted by Crippen LogP contribution is -2.46. The minimum Gasteiger partial charge on any atom is -0.493 e. The van der Waals surface area contributed by atoms with E-state index in [9.17, 15) is 9.90 Å². The van der Waals surface area contributed by atoms with Crippen molar-refractivity contribution in [1.29, 1.82) is 0 Å². The van der Waals surface area contributed by atoms with E-state index in [1.807, 2.05) is 0 Å². The normalized spacial score (nSPS) is 35.2. The van der Waals surface area contributed by atoms with Crippen molar-refractivity contribution < 1.29 is 24.1 Å². The van der Waals surface area contributed by atoms with Crippen LogP contribution in [0.25, 0.3) is 0 Å². The Morgan fingerprint density at radius 1 is 1.24 bits per heavy atom. The van der Waals surface area contributed by atoms with Gasteiger partial charge in [-0.2, -0.15) is 0 Å². The molecule has 0 bridgehead atoms. The summed E-state index contributed by atoms with van der Waals surface area (Å²) < 4.78 is 17.1. The summed E-state index contributed by atoms with van der Waals surface area (Å²) in [6.45, 7) is 8.42. The summed E-state index contributed by atoms with van der Waals surface area (Å²) in [6, 6.07) is 4.15. The van der Waals surface area contributed by atoms with E-state index < -0.39 is 0 Å². The van der Waals surface area contributed by atoms with Crippen molar-refractivity contribution >= 4 is 5.97 Å². The molecule has 5 rings (SSSR count). The average Bonchev–Trinajstić information content (AvgIpc) is 3.11. The zero-order chi connectivity index (χ0) is 24.0. The molecule has 0 radical (unpaired) electrons. The van der Waals surface area contributed by atoms with Gasteiger partial charge in [0.05, 0.1) is 20.1 Å². The van der Waals surface area contributed by atoms with Crippen molar-refractivity contribution in [2.45, 2.75) is 64.0 Å². The molecule has 6 atom stereocenters. The summed E-state index contributed by atoms with van der Waals surface area (Å²) in [4.78, 5) is 15.5. The number of hydrogen-bond acceptors (Lipinski definition) is 6. The van der Waals surface area contributed by atoms with Crippen LogP contribution in [0.2, 0.25) is 0 Å². The fourth-order valence-electron chi connectivity index (χ4n) is 7.48. The second-order valence-electron chi connectivity index (χ2n) is 11.1. The van der Waals surface area contributed by atoms with Gasteiger partial charge >= 0.3 is 5.97 Å². The number of fused-ring (bicyclic) bond motifs is 3. The largest absolute Gasteiger partial charge is 0.493 e. The number of allylic oxidation sites excluding steroid dienone is 1. The van der Waals surface area contributed by atoms with Crippen LogP contribution in [0.4, 0.5) is 0 Å². The standard InChI is InChI=1S/C28H39NO5/c1-17-6-5-9-28(2)15-26-20(13-22(17)28)21(27(31)34-26)16-29-10-7-18-12-24(32-3)25(33-4)14-19(18)23(29)8-11-30/h12,14,20-23,26,30H,1,5-11,13,15-16H2,2-4H3/t20-,21+,22+,23-,26+,28+/m0/s1. The molecule has 1 saturated heterocycles. The van der Waals surface area contributed by atoms with Crippen molar-refractivity contribution in [2.24, 2.45) is 23.2 Å². The lowest BCUT2D eigenvalue weighted by molar-refractivity contribution is -0.146. The molecule has 1 aromatic carbocycles. The molecule has 2 aliphatic carbocycles. The summed E-state index contributed by atoms with van der Waals surface area (Å²) in [5.41, 5.74) is 3.98. The van der Waals surface area contributed by atoms with Gasteiger partial charge in [-0.05, 0) is 79.5 Å². The number of hydrogen-bond donors (Lipinski definition) is 1. The van der Waals surface area contributed by atoms with Gasteiger partial charge < -0.3 is 19.3 Å². The van der Waals surface area contributed by atoms with E-state index in [1.54, 1.807) is 14.2 Å². The summed E-state index contributed by atoms with van der Waals surface area (Å²) in [5, 5.41) is 9.89. The van der Waals surface area contributed by atoms with Gasteiger partial charge in [0.2, 0.25) is 0 Å². The SMILES string of the molecule is C=C1CCC[C@]2(C)C[C@H]3OC(=O)[C@H](CN4CCc5cc(OC)c(OC)cc5[C@@H]4CCO)[C@@H]3C[C@H]12. The first-order chi connectivity index (χ1) is 16.4. The topological polar surface area (TPSA) is 68.2 Å². The van der Waals surface area contributed by atoms with E-state index in [2.05, 4.69) is 30.5 Å². The van der Waals surface area contributed by atoms with Crippen LogP contribution >= 0.6 is 0 Å². The second-order valence-corrected chi connectivity index (χ2v) is 11.1. The maximum Gasteiger partial charge on any atom is 0.310 e. The molecular weight excluding hydrogens is 430 g/mol. The third-order valence-corrected chi connectivity index (χ3v) is 9.27. The maximum atomic E-state index is 13.1. The second kappa shape index (κ2) is 9.19. The van der Waals surface area contributed by atoms with Crippen LogP contribution in [-0.2, 0) is 16.0 Å². The molecule has 4 aliphatic rings.